The maximum Gasteiger partial charge on any atom is 0.251 e. The van der Waals surface area contributed by atoms with Gasteiger partial charge >= 0.3 is 0 Å². The van der Waals surface area contributed by atoms with Gasteiger partial charge < -0.3 is 0 Å². The van der Waals surface area contributed by atoms with Crippen LogP contribution in [0.1, 0.15) is 51.4 Å². The quantitative estimate of drug-likeness (QED) is 0.169. The van der Waals surface area contributed by atoms with Gasteiger partial charge in [-0.15, -0.1) is 35.3 Å². The number of unbranched alkanes of at least 4 members (excludes halogenated alkanes) is 6. The molecule has 0 saturated heterocycles. The first-order valence-electron chi connectivity index (χ1n) is 6.72. The molecular weight excluding hydrogens is 267 g/mol. The molecular formula is C14H26Cl2Si. The van der Waals surface area contributed by atoms with Crippen molar-refractivity contribution in [2.45, 2.75) is 63.5 Å². The molecule has 0 unspecified atom stereocenters. The predicted molar refractivity (Wildman–Crippen MR) is 84.4 cm³/mol. The minimum atomic E-state index is -1.94. The second kappa shape index (κ2) is 11.4. The summed E-state index contributed by atoms with van der Waals surface area (Å²) in [5.74, 6) is 0. The van der Waals surface area contributed by atoms with E-state index < -0.39 is 6.69 Å². The zero-order chi connectivity index (χ0) is 13.0. The van der Waals surface area contributed by atoms with Crippen molar-refractivity contribution in [3.63, 3.8) is 0 Å². The molecule has 0 nitrogen and oxygen atoms in total. The Hall–Kier alpha value is 0.277. The molecule has 0 atom stereocenters. The van der Waals surface area contributed by atoms with Crippen molar-refractivity contribution >= 4 is 28.9 Å². The molecule has 0 saturated carbocycles. The first-order chi connectivity index (χ1) is 8.12. The predicted octanol–water partition coefficient (Wildman–Crippen LogP) is 6.40. The van der Waals surface area contributed by atoms with Gasteiger partial charge in [0.1, 0.15) is 0 Å². The molecule has 0 N–H and O–H groups in total. The molecule has 0 rings (SSSR count). The van der Waals surface area contributed by atoms with Crippen LogP contribution in [0.3, 0.4) is 0 Å². The summed E-state index contributed by atoms with van der Waals surface area (Å²) in [7, 11) is 0. The first-order valence-corrected chi connectivity index (χ1v) is 11.2. The van der Waals surface area contributed by atoms with Crippen LogP contribution in [0.4, 0.5) is 0 Å². The average Bonchev–Trinajstić information content (AvgIpc) is 2.28. The van der Waals surface area contributed by atoms with Crippen molar-refractivity contribution < 1.29 is 0 Å². The lowest BCUT2D eigenvalue weighted by Crippen LogP contribution is -2.17. The molecule has 100 valence electrons. The Kier molecular flexibility index (Phi) is 11.6. The van der Waals surface area contributed by atoms with Crippen LogP contribution < -0.4 is 0 Å². The smallest absolute Gasteiger partial charge is 0.146 e. The van der Waals surface area contributed by atoms with Crippen LogP contribution in [0.25, 0.3) is 0 Å². The molecule has 0 aromatic heterocycles. The van der Waals surface area contributed by atoms with Crippen molar-refractivity contribution in [1.82, 2.24) is 0 Å². The van der Waals surface area contributed by atoms with E-state index in [9.17, 15) is 0 Å². The van der Waals surface area contributed by atoms with Crippen molar-refractivity contribution in [3.05, 3.63) is 25.3 Å². The molecule has 17 heavy (non-hydrogen) atoms. The van der Waals surface area contributed by atoms with Gasteiger partial charge in [0.15, 0.2) is 0 Å². The molecule has 0 aromatic carbocycles. The van der Waals surface area contributed by atoms with Crippen LogP contribution in [-0.4, -0.2) is 6.69 Å². The van der Waals surface area contributed by atoms with Crippen molar-refractivity contribution in [2.75, 3.05) is 0 Å². The minimum absolute atomic E-state index is 1.01. The Bertz CT molecular complexity index is 202. The highest BCUT2D eigenvalue weighted by atomic mass is 35.7. The Balaban J connectivity index is 3.38. The van der Waals surface area contributed by atoms with Crippen LogP contribution in [-0.2, 0) is 0 Å². The molecule has 0 aliphatic rings. The Morgan fingerprint density at radius 3 is 1.82 bits per heavy atom. The van der Waals surface area contributed by atoms with E-state index in [1.54, 1.807) is 0 Å². The summed E-state index contributed by atoms with van der Waals surface area (Å²) in [5, 5.41) is 0. The van der Waals surface area contributed by atoms with Crippen molar-refractivity contribution in [1.29, 1.82) is 0 Å². The van der Waals surface area contributed by atoms with Crippen LogP contribution >= 0.6 is 22.2 Å². The van der Waals surface area contributed by atoms with Gasteiger partial charge in [-0.1, -0.05) is 37.8 Å². The molecule has 0 heterocycles. The molecule has 0 radical (unpaired) electrons. The Morgan fingerprint density at radius 1 is 0.706 bits per heavy atom. The third-order valence-corrected chi connectivity index (χ3v) is 7.34. The fourth-order valence-corrected chi connectivity index (χ4v) is 5.17. The molecule has 0 fully saturated rings. The summed E-state index contributed by atoms with van der Waals surface area (Å²) < 4.78 is 0. The van der Waals surface area contributed by atoms with Gasteiger partial charge in [0.05, 0.1) is 0 Å². The van der Waals surface area contributed by atoms with Gasteiger partial charge in [-0.05, 0) is 37.8 Å². The third kappa shape index (κ3) is 12.5. The summed E-state index contributed by atoms with van der Waals surface area (Å²) in [5.41, 5.74) is 0. The van der Waals surface area contributed by atoms with Gasteiger partial charge in [0, 0.05) is 0 Å². The minimum Gasteiger partial charge on any atom is -0.146 e. The fraction of sp³-hybridized carbons (Fsp3) is 0.714. The SMILES string of the molecule is C=CCCCCCCC[Si](Cl)(Cl)CCCC=C. The number of rotatable bonds is 12. The Labute approximate surface area is 118 Å². The van der Waals surface area contributed by atoms with Gasteiger partial charge in [-0.2, -0.15) is 0 Å². The highest BCUT2D eigenvalue weighted by molar-refractivity contribution is 7.45. The summed E-state index contributed by atoms with van der Waals surface area (Å²) in [6, 6.07) is 2.06. The van der Waals surface area contributed by atoms with Crippen molar-refractivity contribution in [3.8, 4) is 0 Å². The maximum atomic E-state index is 6.39. The van der Waals surface area contributed by atoms with Crippen molar-refractivity contribution in [2.24, 2.45) is 0 Å². The van der Waals surface area contributed by atoms with Crippen LogP contribution in [0.2, 0.25) is 12.1 Å². The van der Waals surface area contributed by atoms with E-state index in [0.717, 1.165) is 31.4 Å². The highest BCUT2D eigenvalue weighted by Gasteiger charge is 2.26. The molecule has 0 amide bonds. The van der Waals surface area contributed by atoms with E-state index in [1.165, 1.54) is 32.1 Å². The fourth-order valence-electron chi connectivity index (χ4n) is 1.83. The van der Waals surface area contributed by atoms with Crippen LogP contribution in [0.15, 0.2) is 25.3 Å². The molecule has 0 aromatic rings. The van der Waals surface area contributed by atoms with E-state index in [2.05, 4.69) is 13.2 Å². The largest absolute Gasteiger partial charge is 0.251 e. The standard InChI is InChI=1S/C14H26Cl2Si/c1-3-5-7-8-9-10-12-14-17(15,16)13-11-6-4-2/h3-4H,1-2,5-14H2. The lowest BCUT2D eigenvalue weighted by molar-refractivity contribution is 0.635. The second-order valence-corrected chi connectivity index (χ2v) is 12.3. The van der Waals surface area contributed by atoms with E-state index in [0.29, 0.717) is 0 Å². The topological polar surface area (TPSA) is 0 Å². The molecule has 0 bridgehead atoms. The van der Waals surface area contributed by atoms with E-state index >= 15 is 0 Å². The van der Waals surface area contributed by atoms with Gasteiger partial charge in [0.25, 0.3) is 6.69 Å². The zero-order valence-electron chi connectivity index (χ0n) is 10.9. The summed E-state index contributed by atoms with van der Waals surface area (Å²) >= 11 is 12.8. The molecule has 0 aliphatic carbocycles. The first kappa shape index (κ1) is 17.3. The zero-order valence-corrected chi connectivity index (χ0v) is 13.4. The van der Waals surface area contributed by atoms with Gasteiger partial charge in [-0.3, -0.25) is 0 Å². The Morgan fingerprint density at radius 2 is 1.18 bits per heavy atom. The van der Waals surface area contributed by atoms with Gasteiger partial charge in [-0.25, -0.2) is 0 Å². The number of halogens is 2. The van der Waals surface area contributed by atoms with Gasteiger partial charge in [0.2, 0.25) is 0 Å². The van der Waals surface area contributed by atoms with E-state index in [1.807, 2.05) is 12.2 Å². The maximum absolute atomic E-state index is 6.39. The summed E-state index contributed by atoms with van der Waals surface area (Å²) in [6.07, 6.45) is 13.6. The number of allylic oxidation sites excluding steroid dienone is 2. The third-order valence-electron chi connectivity index (χ3n) is 2.90. The lowest BCUT2D eigenvalue weighted by Gasteiger charge is -2.15. The average molecular weight is 293 g/mol. The highest BCUT2D eigenvalue weighted by Crippen LogP contribution is 2.30. The monoisotopic (exact) mass is 292 g/mol. The lowest BCUT2D eigenvalue weighted by atomic mass is 10.1. The number of hydrogen-bond acceptors (Lipinski definition) is 0. The summed E-state index contributed by atoms with van der Waals surface area (Å²) in [4.78, 5) is 0. The van der Waals surface area contributed by atoms with Crippen LogP contribution in [0, 0.1) is 0 Å². The molecule has 0 spiro atoms. The summed E-state index contributed by atoms with van der Waals surface area (Å²) in [6.45, 7) is 5.50. The van der Waals surface area contributed by atoms with E-state index in [-0.39, 0.29) is 0 Å². The van der Waals surface area contributed by atoms with Crippen LogP contribution in [0.5, 0.6) is 0 Å². The number of hydrogen-bond donors (Lipinski definition) is 0. The van der Waals surface area contributed by atoms with E-state index in [4.69, 9.17) is 22.2 Å². The normalized spacial score (nSPS) is 11.4. The molecule has 3 heteroatoms. The molecule has 0 aliphatic heterocycles. The second-order valence-electron chi connectivity index (χ2n) is 4.63.